The highest BCUT2D eigenvalue weighted by Crippen LogP contribution is 2.18. The Morgan fingerprint density at radius 1 is 1.42 bits per heavy atom. The van der Waals surface area contributed by atoms with Gasteiger partial charge in [0.25, 0.3) is 0 Å². The molecule has 0 unspecified atom stereocenters. The van der Waals surface area contributed by atoms with E-state index in [-0.39, 0.29) is 11.4 Å². The first-order valence-electron chi connectivity index (χ1n) is 6.61. The quantitative estimate of drug-likeness (QED) is 0.587. The monoisotopic (exact) mass is 268 g/mol. The third kappa shape index (κ3) is 5.03. The van der Waals surface area contributed by atoms with Crippen molar-refractivity contribution in [1.82, 2.24) is 9.78 Å². The van der Waals surface area contributed by atoms with Crippen LogP contribution in [0.4, 0.5) is 0 Å². The van der Waals surface area contributed by atoms with E-state index in [1.54, 1.807) is 18.7 Å². The summed E-state index contributed by atoms with van der Waals surface area (Å²) >= 11 is 0. The van der Waals surface area contributed by atoms with Gasteiger partial charge in [-0.25, -0.2) is 4.79 Å². The Hall–Kier alpha value is -1.36. The largest absolute Gasteiger partial charge is 0.462 e. The molecule has 0 aliphatic rings. The zero-order valence-corrected chi connectivity index (χ0v) is 12.5. The van der Waals surface area contributed by atoms with Crippen LogP contribution in [0.25, 0.3) is 0 Å². The summed E-state index contributed by atoms with van der Waals surface area (Å²) in [4.78, 5) is 11.7. The molecule has 0 fully saturated rings. The van der Waals surface area contributed by atoms with Crippen LogP contribution in [0, 0.1) is 5.41 Å². The maximum Gasteiger partial charge on any atom is 0.341 e. The number of aryl methyl sites for hydroxylation is 1. The van der Waals surface area contributed by atoms with Crippen molar-refractivity contribution < 1.29 is 14.3 Å². The van der Waals surface area contributed by atoms with E-state index in [0.29, 0.717) is 25.4 Å². The summed E-state index contributed by atoms with van der Waals surface area (Å²) in [7, 11) is 1.80. The van der Waals surface area contributed by atoms with E-state index in [1.165, 1.54) is 6.20 Å². The average molecular weight is 268 g/mol. The predicted octanol–water partition coefficient (Wildman–Crippen LogP) is 2.55. The predicted molar refractivity (Wildman–Crippen MR) is 72.9 cm³/mol. The topological polar surface area (TPSA) is 53.3 Å². The third-order valence-corrected chi connectivity index (χ3v) is 2.79. The second-order valence-corrected chi connectivity index (χ2v) is 5.71. The van der Waals surface area contributed by atoms with Gasteiger partial charge in [0.05, 0.1) is 25.1 Å². The minimum Gasteiger partial charge on any atom is -0.462 e. The lowest BCUT2D eigenvalue weighted by Crippen LogP contribution is -2.13. The Labute approximate surface area is 114 Å². The number of nitrogens with zero attached hydrogens (tertiary/aromatic N) is 2. The average Bonchev–Trinajstić information content (AvgIpc) is 2.65. The standard InChI is InChI=1S/C14H24N2O3/c1-6-19-13(17)11-9-15-16(5)12(11)10-18-8-7-14(2,3)4/h9H,6-8,10H2,1-5H3. The van der Waals surface area contributed by atoms with Gasteiger partial charge in [-0.3, -0.25) is 4.68 Å². The highest BCUT2D eigenvalue weighted by molar-refractivity contribution is 5.90. The summed E-state index contributed by atoms with van der Waals surface area (Å²) in [5, 5.41) is 4.08. The Morgan fingerprint density at radius 3 is 2.68 bits per heavy atom. The minimum absolute atomic E-state index is 0.246. The number of rotatable bonds is 6. The van der Waals surface area contributed by atoms with Crippen molar-refractivity contribution in [1.29, 1.82) is 0 Å². The molecule has 0 radical (unpaired) electrons. The van der Waals surface area contributed by atoms with Crippen molar-refractivity contribution in [2.45, 2.75) is 40.7 Å². The van der Waals surface area contributed by atoms with E-state index in [2.05, 4.69) is 25.9 Å². The lowest BCUT2D eigenvalue weighted by molar-refractivity contribution is 0.0513. The molecule has 5 nitrogen and oxygen atoms in total. The summed E-state index contributed by atoms with van der Waals surface area (Å²) < 4.78 is 12.3. The lowest BCUT2D eigenvalue weighted by atomic mass is 9.93. The molecule has 0 aliphatic heterocycles. The summed E-state index contributed by atoms with van der Waals surface area (Å²) in [6.45, 7) is 9.70. The van der Waals surface area contributed by atoms with E-state index in [4.69, 9.17) is 9.47 Å². The van der Waals surface area contributed by atoms with Crippen LogP contribution in [0.15, 0.2) is 6.20 Å². The Bertz CT molecular complexity index is 419. The molecule has 5 heteroatoms. The van der Waals surface area contributed by atoms with Crippen LogP contribution in [0.1, 0.15) is 50.2 Å². The first-order valence-corrected chi connectivity index (χ1v) is 6.61. The van der Waals surface area contributed by atoms with Gasteiger partial charge in [-0.2, -0.15) is 5.10 Å². The molecule has 0 bridgehead atoms. The molecular weight excluding hydrogens is 244 g/mol. The molecular formula is C14H24N2O3. The number of ether oxygens (including phenoxy) is 2. The van der Waals surface area contributed by atoms with Crippen molar-refractivity contribution in [3.05, 3.63) is 17.5 Å². The van der Waals surface area contributed by atoms with Gasteiger partial charge in [0.15, 0.2) is 0 Å². The molecule has 1 aromatic rings. The van der Waals surface area contributed by atoms with Crippen molar-refractivity contribution in [2.75, 3.05) is 13.2 Å². The molecule has 1 rings (SSSR count). The molecule has 0 spiro atoms. The van der Waals surface area contributed by atoms with Gasteiger partial charge in [0, 0.05) is 13.7 Å². The molecule has 0 amide bonds. The summed E-state index contributed by atoms with van der Waals surface area (Å²) in [6.07, 6.45) is 2.50. The van der Waals surface area contributed by atoms with E-state index < -0.39 is 0 Å². The molecule has 0 saturated carbocycles. The van der Waals surface area contributed by atoms with Crippen LogP contribution in [-0.4, -0.2) is 29.0 Å². The molecule has 0 N–H and O–H groups in total. The molecule has 0 aromatic carbocycles. The molecule has 0 aliphatic carbocycles. The van der Waals surface area contributed by atoms with Gasteiger partial charge in [0.2, 0.25) is 0 Å². The Morgan fingerprint density at radius 2 is 2.11 bits per heavy atom. The van der Waals surface area contributed by atoms with Crippen molar-refractivity contribution >= 4 is 5.97 Å². The summed E-state index contributed by atoms with van der Waals surface area (Å²) in [5.74, 6) is -0.343. The van der Waals surface area contributed by atoms with Crippen molar-refractivity contribution in [2.24, 2.45) is 12.5 Å². The van der Waals surface area contributed by atoms with E-state index >= 15 is 0 Å². The second kappa shape index (κ2) is 6.70. The van der Waals surface area contributed by atoms with Gasteiger partial charge in [-0.1, -0.05) is 20.8 Å². The molecule has 0 atom stereocenters. The fraction of sp³-hybridized carbons (Fsp3) is 0.714. The highest BCUT2D eigenvalue weighted by atomic mass is 16.5. The lowest BCUT2D eigenvalue weighted by Gasteiger charge is -2.17. The maximum absolute atomic E-state index is 11.7. The Kier molecular flexibility index (Phi) is 5.54. The zero-order chi connectivity index (χ0) is 14.5. The number of aromatic nitrogens is 2. The van der Waals surface area contributed by atoms with Crippen LogP contribution in [-0.2, 0) is 23.1 Å². The van der Waals surface area contributed by atoms with E-state index in [0.717, 1.165) is 12.1 Å². The first kappa shape index (κ1) is 15.7. The van der Waals surface area contributed by atoms with Gasteiger partial charge < -0.3 is 9.47 Å². The molecule has 1 heterocycles. The SMILES string of the molecule is CCOC(=O)c1cnn(C)c1COCCC(C)(C)C. The van der Waals surface area contributed by atoms with Crippen molar-refractivity contribution in [3.63, 3.8) is 0 Å². The first-order chi connectivity index (χ1) is 8.85. The normalized spacial score (nSPS) is 11.6. The zero-order valence-electron chi connectivity index (χ0n) is 12.5. The summed E-state index contributed by atoms with van der Waals surface area (Å²) in [6, 6.07) is 0. The van der Waals surface area contributed by atoms with E-state index in [1.807, 2.05) is 0 Å². The fourth-order valence-corrected chi connectivity index (χ4v) is 1.56. The van der Waals surface area contributed by atoms with Crippen LogP contribution < -0.4 is 0 Å². The van der Waals surface area contributed by atoms with Crippen LogP contribution >= 0.6 is 0 Å². The minimum atomic E-state index is -0.343. The Balaban J connectivity index is 2.58. The molecule has 19 heavy (non-hydrogen) atoms. The fourth-order valence-electron chi connectivity index (χ4n) is 1.56. The molecule has 1 aromatic heterocycles. The number of hydrogen-bond donors (Lipinski definition) is 0. The molecule has 0 saturated heterocycles. The maximum atomic E-state index is 11.7. The van der Waals surface area contributed by atoms with Crippen molar-refractivity contribution in [3.8, 4) is 0 Å². The second-order valence-electron chi connectivity index (χ2n) is 5.71. The van der Waals surface area contributed by atoms with Gasteiger partial charge >= 0.3 is 5.97 Å². The third-order valence-electron chi connectivity index (χ3n) is 2.79. The van der Waals surface area contributed by atoms with Gasteiger partial charge in [-0.15, -0.1) is 0 Å². The molecule has 108 valence electrons. The number of carbonyl (C=O) groups excluding carboxylic acids is 1. The van der Waals surface area contributed by atoms with Crippen LogP contribution in [0.2, 0.25) is 0 Å². The van der Waals surface area contributed by atoms with Gasteiger partial charge in [-0.05, 0) is 18.8 Å². The summed E-state index contributed by atoms with van der Waals surface area (Å²) in [5.41, 5.74) is 1.49. The van der Waals surface area contributed by atoms with E-state index in [9.17, 15) is 4.79 Å². The number of hydrogen-bond acceptors (Lipinski definition) is 4. The number of esters is 1. The highest BCUT2D eigenvalue weighted by Gasteiger charge is 2.17. The smallest absolute Gasteiger partial charge is 0.341 e. The van der Waals surface area contributed by atoms with Crippen LogP contribution in [0.3, 0.4) is 0 Å². The van der Waals surface area contributed by atoms with Crippen LogP contribution in [0.5, 0.6) is 0 Å². The van der Waals surface area contributed by atoms with Gasteiger partial charge in [0.1, 0.15) is 5.56 Å². The number of carbonyl (C=O) groups is 1.